The molecule has 9 aromatic carbocycles. The lowest BCUT2D eigenvalue weighted by Gasteiger charge is -2.35. The van der Waals surface area contributed by atoms with E-state index in [2.05, 4.69) is 219 Å². The van der Waals surface area contributed by atoms with E-state index in [-0.39, 0.29) is 5.41 Å². The summed E-state index contributed by atoms with van der Waals surface area (Å²) in [6, 6.07) is 74.5. The number of benzene rings is 9. The van der Waals surface area contributed by atoms with Gasteiger partial charge in [0.05, 0.1) is 16.8 Å². The van der Waals surface area contributed by atoms with Crippen molar-refractivity contribution in [2.24, 2.45) is 0 Å². The number of anilines is 3. The second-order valence-corrected chi connectivity index (χ2v) is 15.6. The van der Waals surface area contributed by atoms with Gasteiger partial charge in [-0.25, -0.2) is 0 Å². The van der Waals surface area contributed by atoms with Crippen molar-refractivity contribution in [1.82, 2.24) is 0 Å². The van der Waals surface area contributed by atoms with Gasteiger partial charge in [0.1, 0.15) is 0 Å². The fraction of sp³-hybridized carbons (Fsp3) is 0.0741. The minimum Gasteiger partial charge on any atom is -0.309 e. The molecule has 1 heteroatoms. The number of rotatable bonds is 5. The van der Waals surface area contributed by atoms with Crippen LogP contribution in [-0.2, 0) is 10.8 Å². The summed E-state index contributed by atoms with van der Waals surface area (Å²) in [4.78, 5) is 2.58. The molecule has 2 aliphatic carbocycles. The Balaban J connectivity index is 1.30. The minimum absolute atomic E-state index is 0.183. The summed E-state index contributed by atoms with van der Waals surface area (Å²) < 4.78 is 0. The van der Waals surface area contributed by atoms with E-state index in [1.165, 1.54) is 88.6 Å². The molecular weight excluding hydrogens is 663 g/mol. The van der Waals surface area contributed by atoms with Crippen LogP contribution in [0.5, 0.6) is 0 Å². The topological polar surface area (TPSA) is 3.24 Å². The van der Waals surface area contributed by atoms with Crippen LogP contribution in [0.15, 0.2) is 200 Å². The maximum atomic E-state index is 2.58. The Bertz CT molecular complexity index is 2920. The molecule has 0 atom stereocenters. The van der Waals surface area contributed by atoms with Crippen molar-refractivity contribution < 1.29 is 0 Å². The Morgan fingerprint density at radius 1 is 0.382 bits per heavy atom. The van der Waals surface area contributed by atoms with Gasteiger partial charge in [0.25, 0.3) is 0 Å². The molecule has 0 fully saturated rings. The molecule has 260 valence electrons. The van der Waals surface area contributed by atoms with Gasteiger partial charge in [-0.15, -0.1) is 0 Å². The highest BCUT2D eigenvalue weighted by atomic mass is 15.1. The minimum atomic E-state index is -0.501. The van der Waals surface area contributed by atoms with Crippen LogP contribution in [0.4, 0.5) is 17.1 Å². The molecule has 2 aliphatic rings. The van der Waals surface area contributed by atoms with Gasteiger partial charge in [-0.05, 0) is 90.3 Å². The summed E-state index contributed by atoms with van der Waals surface area (Å²) in [6.07, 6.45) is 0. The van der Waals surface area contributed by atoms with Crippen molar-refractivity contribution in [2.75, 3.05) is 4.90 Å². The van der Waals surface area contributed by atoms with Gasteiger partial charge < -0.3 is 4.90 Å². The first kappa shape index (κ1) is 31.8. The lowest BCUT2D eigenvalue weighted by atomic mass is 9.68. The summed E-state index contributed by atoms with van der Waals surface area (Å²) >= 11 is 0. The molecule has 55 heavy (non-hydrogen) atoms. The smallest absolute Gasteiger partial charge is 0.0714 e. The van der Waals surface area contributed by atoms with Crippen LogP contribution in [-0.4, -0.2) is 0 Å². The lowest BCUT2D eigenvalue weighted by Crippen LogP contribution is -2.28. The lowest BCUT2D eigenvalue weighted by molar-refractivity contribution is 0.666. The highest BCUT2D eigenvalue weighted by Crippen LogP contribution is 2.62. The molecule has 0 unspecified atom stereocenters. The SMILES string of the molecule is CC1(C)c2ccccc2-c2c(N(c3ccc4ccccc4c3)c3cccc4c3-c3ccccc3C4(c3ccccc3)c3ccccc3)cc3ccccc3c21. The monoisotopic (exact) mass is 701 g/mol. The normalized spacial score (nSPS) is 14.3. The summed E-state index contributed by atoms with van der Waals surface area (Å²) in [5.74, 6) is 0. The maximum Gasteiger partial charge on any atom is 0.0714 e. The zero-order valence-corrected chi connectivity index (χ0v) is 31.0. The van der Waals surface area contributed by atoms with Crippen molar-refractivity contribution in [3.63, 3.8) is 0 Å². The van der Waals surface area contributed by atoms with E-state index in [1.807, 2.05) is 0 Å². The molecule has 0 spiro atoms. The van der Waals surface area contributed by atoms with E-state index in [0.29, 0.717) is 0 Å². The predicted molar refractivity (Wildman–Crippen MR) is 231 cm³/mol. The third-order valence-electron chi connectivity index (χ3n) is 12.5. The van der Waals surface area contributed by atoms with Crippen molar-refractivity contribution in [2.45, 2.75) is 24.7 Å². The van der Waals surface area contributed by atoms with Crippen molar-refractivity contribution in [3.8, 4) is 22.3 Å². The highest BCUT2D eigenvalue weighted by molar-refractivity contribution is 6.08. The van der Waals surface area contributed by atoms with E-state index < -0.39 is 5.41 Å². The fourth-order valence-electron chi connectivity index (χ4n) is 10.2. The van der Waals surface area contributed by atoms with Gasteiger partial charge in [-0.1, -0.05) is 190 Å². The van der Waals surface area contributed by atoms with Crippen LogP contribution >= 0.6 is 0 Å². The molecule has 0 aliphatic heterocycles. The molecule has 1 nitrogen and oxygen atoms in total. The zero-order chi connectivity index (χ0) is 36.7. The average Bonchev–Trinajstić information content (AvgIpc) is 3.68. The summed E-state index contributed by atoms with van der Waals surface area (Å²) in [5.41, 5.74) is 15.9. The second-order valence-electron chi connectivity index (χ2n) is 15.6. The van der Waals surface area contributed by atoms with Gasteiger partial charge in [-0.3, -0.25) is 0 Å². The van der Waals surface area contributed by atoms with Crippen LogP contribution in [0.1, 0.15) is 47.2 Å². The molecule has 0 amide bonds. The van der Waals surface area contributed by atoms with Crippen LogP contribution in [0.25, 0.3) is 43.8 Å². The van der Waals surface area contributed by atoms with Gasteiger partial charge in [-0.2, -0.15) is 0 Å². The first-order valence-electron chi connectivity index (χ1n) is 19.4. The molecule has 0 N–H and O–H groups in total. The molecule has 0 aromatic heterocycles. The number of hydrogen-bond acceptors (Lipinski definition) is 1. The third kappa shape index (κ3) is 4.41. The Morgan fingerprint density at radius 2 is 0.945 bits per heavy atom. The van der Waals surface area contributed by atoms with Gasteiger partial charge >= 0.3 is 0 Å². The van der Waals surface area contributed by atoms with E-state index in [9.17, 15) is 0 Å². The fourth-order valence-corrected chi connectivity index (χ4v) is 10.2. The largest absolute Gasteiger partial charge is 0.309 e. The standard InChI is InChI=1S/C54H39N/c1-53(2)45-28-15-13-26-43(45)51-49(35-38-20-11-12-25-42(38)52(51)53)55(41-33-32-36-18-9-10-19-37(36)34-41)48-31-17-30-47-50(48)44-27-14-16-29-46(44)54(47,39-21-5-3-6-22-39)40-23-7-4-8-24-40/h3-35H,1-2H3. The van der Waals surface area contributed by atoms with Crippen molar-refractivity contribution in [1.29, 1.82) is 0 Å². The third-order valence-corrected chi connectivity index (χ3v) is 12.5. The van der Waals surface area contributed by atoms with Gasteiger partial charge in [0.15, 0.2) is 0 Å². The van der Waals surface area contributed by atoms with Crippen LogP contribution < -0.4 is 4.90 Å². The number of hydrogen-bond donors (Lipinski definition) is 0. The Labute approximate surface area is 322 Å². The van der Waals surface area contributed by atoms with Gasteiger partial charge in [0.2, 0.25) is 0 Å². The van der Waals surface area contributed by atoms with Crippen LogP contribution in [0.3, 0.4) is 0 Å². The summed E-state index contributed by atoms with van der Waals surface area (Å²) in [6.45, 7) is 4.80. The van der Waals surface area contributed by atoms with Crippen LogP contribution in [0, 0.1) is 0 Å². The van der Waals surface area contributed by atoms with E-state index in [1.54, 1.807) is 0 Å². The molecule has 0 radical (unpaired) electrons. The average molecular weight is 702 g/mol. The number of fused-ring (bicyclic) bond motifs is 9. The molecular formula is C54H39N. The Morgan fingerprint density at radius 3 is 1.67 bits per heavy atom. The maximum absolute atomic E-state index is 2.58. The predicted octanol–water partition coefficient (Wildman–Crippen LogP) is 14.1. The highest BCUT2D eigenvalue weighted by Gasteiger charge is 2.48. The molecule has 9 aromatic rings. The molecule has 0 saturated carbocycles. The Kier molecular flexibility index (Phi) is 6.88. The van der Waals surface area contributed by atoms with E-state index in [4.69, 9.17) is 0 Å². The quantitative estimate of drug-likeness (QED) is 0.173. The second kappa shape index (κ2) is 11.9. The molecule has 0 saturated heterocycles. The first-order valence-corrected chi connectivity index (χ1v) is 19.4. The van der Waals surface area contributed by atoms with Crippen molar-refractivity contribution >= 4 is 38.6 Å². The van der Waals surface area contributed by atoms with Crippen molar-refractivity contribution in [3.05, 3.63) is 234 Å². The summed E-state index contributed by atoms with van der Waals surface area (Å²) in [5, 5.41) is 5.02. The zero-order valence-electron chi connectivity index (χ0n) is 31.0. The van der Waals surface area contributed by atoms with Gasteiger partial charge in [0, 0.05) is 22.2 Å². The molecule has 0 heterocycles. The molecule has 0 bridgehead atoms. The van der Waals surface area contributed by atoms with E-state index >= 15 is 0 Å². The Hall–Kier alpha value is -6.70. The summed E-state index contributed by atoms with van der Waals surface area (Å²) in [7, 11) is 0. The van der Waals surface area contributed by atoms with E-state index in [0.717, 1.165) is 5.69 Å². The number of nitrogens with zero attached hydrogens (tertiary/aromatic N) is 1. The van der Waals surface area contributed by atoms with Crippen LogP contribution in [0.2, 0.25) is 0 Å². The first-order chi connectivity index (χ1) is 27.1. The molecule has 11 rings (SSSR count).